The predicted octanol–water partition coefficient (Wildman–Crippen LogP) is 3.61. The molecule has 0 aromatic heterocycles. The van der Waals surface area contributed by atoms with E-state index in [2.05, 4.69) is 34.6 Å². The SMILES string of the molecule is CCCCC(C)C(O)C(C)(C)CC. The Balaban J connectivity index is 4.00. The second-order valence-corrected chi connectivity index (χ2v) is 4.91. The van der Waals surface area contributed by atoms with Gasteiger partial charge in [0.05, 0.1) is 6.10 Å². The van der Waals surface area contributed by atoms with Crippen LogP contribution in [-0.2, 0) is 0 Å². The Bertz CT molecular complexity index is 129. The molecular formula is C12H26O. The summed E-state index contributed by atoms with van der Waals surface area (Å²) in [5.74, 6) is 0.440. The maximum atomic E-state index is 10.1. The standard InChI is InChI=1S/C12H26O/c1-6-8-9-10(3)11(13)12(4,5)7-2/h10-11,13H,6-9H2,1-5H3. The van der Waals surface area contributed by atoms with E-state index in [-0.39, 0.29) is 11.5 Å². The molecule has 80 valence electrons. The van der Waals surface area contributed by atoms with Gasteiger partial charge in [0.1, 0.15) is 0 Å². The fourth-order valence-corrected chi connectivity index (χ4v) is 1.66. The fourth-order valence-electron chi connectivity index (χ4n) is 1.66. The van der Waals surface area contributed by atoms with Crippen molar-refractivity contribution in [3.63, 3.8) is 0 Å². The van der Waals surface area contributed by atoms with Crippen LogP contribution in [0.2, 0.25) is 0 Å². The molecule has 13 heavy (non-hydrogen) atoms. The molecule has 0 aliphatic heterocycles. The molecule has 0 amide bonds. The summed E-state index contributed by atoms with van der Waals surface area (Å²) in [6.07, 6.45) is 4.51. The lowest BCUT2D eigenvalue weighted by atomic mass is 9.77. The van der Waals surface area contributed by atoms with Crippen molar-refractivity contribution in [1.29, 1.82) is 0 Å². The molecule has 2 unspecified atom stereocenters. The van der Waals surface area contributed by atoms with Gasteiger partial charge in [-0.3, -0.25) is 0 Å². The first-order valence-electron chi connectivity index (χ1n) is 5.63. The molecule has 0 aliphatic carbocycles. The average Bonchev–Trinajstić information content (AvgIpc) is 2.12. The average molecular weight is 186 g/mol. The van der Waals surface area contributed by atoms with Crippen molar-refractivity contribution >= 4 is 0 Å². The van der Waals surface area contributed by atoms with Crippen molar-refractivity contribution in [3.8, 4) is 0 Å². The molecule has 0 radical (unpaired) electrons. The predicted molar refractivity (Wildman–Crippen MR) is 58.8 cm³/mol. The largest absolute Gasteiger partial charge is 0.392 e. The van der Waals surface area contributed by atoms with Crippen LogP contribution in [0.15, 0.2) is 0 Å². The van der Waals surface area contributed by atoms with Gasteiger partial charge in [0.15, 0.2) is 0 Å². The lowest BCUT2D eigenvalue weighted by Gasteiger charge is -2.33. The molecule has 1 heteroatoms. The zero-order valence-corrected chi connectivity index (χ0v) is 9.93. The maximum absolute atomic E-state index is 10.1. The van der Waals surface area contributed by atoms with Gasteiger partial charge in [-0.2, -0.15) is 0 Å². The molecule has 0 aliphatic rings. The molecule has 1 N–H and O–H groups in total. The van der Waals surface area contributed by atoms with Gasteiger partial charge in [0, 0.05) is 0 Å². The van der Waals surface area contributed by atoms with Crippen LogP contribution in [0.1, 0.15) is 60.3 Å². The van der Waals surface area contributed by atoms with Crippen molar-refractivity contribution in [1.82, 2.24) is 0 Å². The summed E-state index contributed by atoms with van der Waals surface area (Å²) in [5.41, 5.74) is 0.0765. The van der Waals surface area contributed by atoms with Crippen LogP contribution in [0.3, 0.4) is 0 Å². The van der Waals surface area contributed by atoms with Crippen molar-refractivity contribution in [3.05, 3.63) is 0 Å². The highest BCUT2D eigenvalue weighted by atomic mass is 16.3. The summed E-state index contributed by atoms with van der Waals surface area (Å²) in [6.45, 7) is 10.8. The van der Waals surface area contributed by atoms with Gasteiger partial charge in [-0.1, -0.05) is 47.5 Å². The van der Waals surface area contributed by atoms with Gasteiger partial charge in [0.2, 0.25) is 0 Å². The summed E-state index contributed by atoms with van der Waals surface area (Å²) in [7, 11) is 0. The van der Waals surface area contributed by atoms with Gasteiger partial charge in [-0.05, 0) is 24.2 Å². The van der Waals surface area contributed by atoms with Gasteiger partial charge in [-0.25, -0.2) is 0 Å². The topological polar surface area (TPSA) is 20.2 Å². The minimum absolute atomic E-state index is 0.0765. The Morgan fingerprint density at radius 1 is 1.23 bits per heavy atom. The molecule has 0 saturated heterocycles. The summed E-state index contributed by atoms with van der Waals surface area (Å²) in [6, 6.07) is 0. The first-order chi connectivity index (χ1) is 5.95. The summed E-state index contributed by atoms with van der Waals surface area (Å²) in [5, 5.41) is 10.1. The third-order valence-electron chi connectivity index (χ3n) is 3.26. The van der Waals surface area contributed by atoms with Crippen LogP contribution in [0.5, 0.6) is 0 Å². The molecule has 0 bridgehead atoms. The van der Waals surface area contributed by atoms with Crippen molar-refractivity contribution in [2.45, 2.75) is 66.4 Å². The van der Waals surface area contributed by atoms with E-state index in [0.717, 1.165) is 12.8 Å². The smallest absolute Gasteiger partial charge is 0.0616 e. The lowest BCUT2D eigenvalue weighted by molar-refractivity contribution is 0.00166. The molecule has 0 aromatic rings. The van der Waals surface area contributed by atoms with Crippen LogP contribution in [0, 0.1) is 11.3 Å². The monoisotopic (exact) mass is 186 g/mol. The highest BCUT2D eigenvalue weighted by Crippen LogP contribution is 2.31. The Morgan fingerprint density at radius 2 is 1.77 bits per heavy atom. The number of aliphatic hydroxyl groups excluding tert-OH is 1. The third kappa shape index (κ3) is 4.12. The molecule has 2 atom stereocenters. The van der Waals surface area contributed by atoms with E-state index < -0.39 is 0 Å². The lowest BCUT2D eigenvalue weighted by Crippen LogP contribution is -2.34. The molecular weight excluding hydrogens is 160 g/mol. The van der Waals surface area contributed by atoms with E-state index >= 15 is 0 Å². The molecule has 0 heterocycles. The highest BCUT2D eigenvalue weighted by Gasteiger charge is 2.29. The fraction of sp³-hybridized carbons (Fsp3) is 1.00. The number of hydrogen-bond donors (Lipinski definition) is 1. The zero-order valence-electron chi connectivity index (χ0n) is 9.93. The van der Waals surface area contributed by atoms with Crippen LogP contribution < -0.4 is 0 Å². The second-order valence-electron chi connectivity index (χ2n) is 4.91. The van der Waals surface area contributed by atoms with Gasteiger partial charge < -0.3 is 5.11 Å². The Morgan fingerprint density at radius 3 is 2.15 bits per heavy atom. The Labute approximate surface area is 83.5 Å². The van der Waals surface area contributed by atoms with Gasteiger partial charge in [-0.15, -0.1) is 0 Å². The maximum Gasteiger partial charge on any atom is 0.0616 e. The van der Waals surface area contributed by atoms with Crippen molar-refractivity contribution in [2.24, 2.45) is 11.3 Å². The van der Waals surface area contributed by atoms with E-state index in [0.29, 0.717) is 5.92 Å². The van der Waals surface area contributed by atoms with E-state index in [9.17, 15) is 5.11 Å². The highest BCUT2D eigenvalue weighted by molar-refractivity contribution is 4.80. The third-order valence-corrected chi connectivity index (χ3v) is 3.26. The van der Waals surface area contributed by atoms with E-state index in [1.54, 1.807) is 0 Å². The minimum atomic E-state index is -0.149. The van der Waals surface area contributed by atoms with Crippen LogP contribution in [0.4, 0.5) is 0 Å². The van der Waals surface area contributed by atoms with Gasteiger partial charge >= 0.3 is 0 Å². The zero-order chi connectivity index (χ0) is 10.5. The Hall–Kier alpha value is -0.0400. The number of aliphatic hydroxyl groups is 1. The second kappa shape index (κ2) is 5.64. The number of hydrogen-bond acceptors (Lipinski definition) is 1. The quantitative estimate of drug-likeness (QED) is 0.672. The van der Waals surface area contributed by atoms with Crippen LogP contribution in [-0.4, -0.2) is 11.2 Å². The van der Waals surface area contributed by atoms with E-state index in [1.165, 1.54) is 12.8 Å². The number of rotatable bonds is 6. The first-order valence-corrected chi connectivity index (χ1v) is 5.63. The van der Waals surface area contributed by atoms with Crippen LogP contribution in [0.25, 0.3) is 0 Å². The molecule has 0 rings (SSSR count). The van der Waals surface area contributed by atoms with Crippen molar-refractivity contribution < 1.29 is 5.11 Å². The summed E-state index contributed by atoms with van der Waals surface area (Å²) >= 11 is 0. The van der Waals surface area contributed by atoms with E-state index in [1.807, 2.05) is 0 Å². The summed E-state index contributed by atoms with van der Waals surface area (Å²) < 4.78 is 0. The van der Waals surface area contributed by atoms with Crippen LogP contribution >= 0.6 is 0 Å². The summed E-state index contributed by atoms with van der Waals surface area (Å²) in [4.78, 5) is 0. The normalized spacial score (nSPS) is 17.1. The van der Waals surface area contributed by atoms with Crippen molar-refractivity contribution in [2.75, 3.05) is 0 Å². The molecule has 0 aromatic carbocycles. The van der Waals surface area contributed by atoms with Gasteiger partial charge in [0.25, 0.3) is 0 Å². The minimum Gasteiger partial charge on any atom is -0.392 e. The molecule has 0 saturated carbocycles. The molecule has 1 nitrogen and oxygen atoms in total. The molecule has 0 spiro atoms. The Kier molecular flexibility index (Phi) is 5.62. The molecule has 0 fully saturated rings. The number of unbranched alkanes of at least 4 members (excludes halogenated alkanes) is 1. The first kappa shape index (κ1) is 13.0. The van der Waals surface area contributed by atoms with E-state index in [4.69, 9.17) is 0 Å².